The maximum atomic E-state index is 11.8. The Morgan fingerprint density at radius 2 is 1.96 bits per heavy atom. The normalized spacial score (nSPS) is 13.9. The number of hydrogen-bond acceptors (Lipinski definition) is 4. The van der Waals surface area contributed by atoms with Crippen LogP contribution in [-0.4, -0.2) is 31.7 Å². The number of aromatic nitrogens is 4. The van der Waals surface area contributed by atoms with Crippen molar-refractivity contribution in [3.05, 3.63) is 41.7 Å². The minimum absolute atomic E-state index is 0.277. The van der Waals surface area contributed by atoms with Crippen LogP contribution < -0.4 is 0 Å². The van der Waals surface area contributed by atoms with Gasteiger partial charge in [-0.25, -0.2) is 0 Å². The highest BCUT2D eigenvalue weighted by Gasteiger charge is 2.32. The van der Waals surface area contributed by atoms with E-state index in [9.17, 15) is 9.90 Å². The summed E-state index contributed by atoms with van der Waals surface area (Å²) >= 11 is 0. The van der Waals surface area contributed by atoms with Gasteiger partial charge in [0.1, 0.15) is 0 Å². The summed E-state index contributed by atoms with van der Waals surface area (Å²) < 4.78 is 0. The number of aromatic amines is 1. The van der Waals surface area contributed by atoms with Gasteiger partial charge >= 0.3 is 5.97 Å². The lowest BCUT2D eigenvalue weighted by Crippen LogP contribution is -2.25. The van der Waals surface area contributed by atoms with E-state index in [0.717, 1.165) is 18.4 Å². The van der Waals surface area contributed by atoms with E-state index < -0.39 is 11.9 Å². The Hall–Kier alpha value is -2.24. The molecule has 0 spiro atoms. The number of aliphatic carboxylic acids is 1. The number of hydrogen-bond donors (Lipinski definition) is 2. The first-order valence-electron chi connectivity index (χ1n) is 8.08. The molecule has 124 valence electrons. The van der Waals surface area contributed by atoms with Crippen molar-refractivity contribution in [1.29, 1.82) is 0 Å². The first kappa shape index (κ1) is 17.1. The second-order valence-electron chi connectivity index (χ2n) is 6.34. The van der Waals surface area contributed by atoms with E-state index in [4.69, 9.17) is 0 Å². The number of tetrazole rings is 1. The number of nitrogens with one attached hydrogen (secondary N) is 1. The van der Waals surface area contributed by atoms with Crippen LogP contribution in [0.1, 0.15) is 50.4 Å². The van der Waals surface area contributed by atoms with Crippen molar-refractivity contribution < 1.29 is 9.90 Å². The van der Waals surface area contributed by atoms with Crippen molar-refractivity contribution in [2.75, 3.05) is 0 Å². The molecule has 2 unspecified atom stereocenters. The molecule has 2 N–H and O–H groups in total. The molecule has 1 heterocycles. The Morgan fingerprint density at radius 3 is 2.52 bits per heavy atom. The zero-order valence-electron chi connectivity index (χ0n) is 13.6. The van der Waals surface area contributed by atoms with Gasteiger partial charge in [0.2, 0.25) is 0 Å². The third-order valence-corrected chi connectivity index (χ3v) is 4.09. The molecule has 2 aromatic rings. The van der Waals surface area contributed by atoms with Crippen LogP contribution in [-0.2, 0) is 11.2 Å². The largest absolute Gasteiger partial charge is 0.481 e. The minimum Gasteiger partial charge on any atom is -0.481 e. The van der Waals surface area contributed by atoms with Crippen LogP contribution in [0, 0.1) is 11.8 Å². The van der Waals surface area contributed by atoms with Crippen molar-refractivity contribution in [3.63, 3.8) is 0 Å². The van der Waals surface area contributed by atoms with Gasteiger partial charge in [-0.2, -0.15) is 5.21 Å². The van der Waals surface area contributed by atoms with Crippen molar-refractivity contribution in [2.24, 2.45) is 11.8 Å². The van der Waals surface area contributed by atoms with E-state index in [2.05, 4.69) is 34.5 Å². The number of carboxylic acids is 1. The third-order valence-electron chi connectivity index (χ3n) is 4.09. The average Bonchev–Trinajstić information content (AvgIpc) is 3.04. The van der Waals surface area contributed by atoms with Gasteiger partial charge in [-0.3, -0.25) is 4.79 Å². The fourth-order valence-corrected chi connectivity index (χ4v) is 2.85. The minimum atomic E-state index is -0.792. The topological polar surface area (TPSA) is 91.8 Å². The molecule has 1 aromatic carbocycles. The molecule has 2 rings (SSSR count). The van der Waals surface area contributed by atoms with Crippen LogP contribution in [0.25, 0.3) is 0 Å². The highest BCUT2D eigenvalue weighted by atomic mass is 16.4. The van der Waals surface area contributed by atoms with Gasteiger partial charge in [-0.05, 0) is 24.3 Å². The summed E-state index contributed by atoms with van der Waals surface area (Å²) in [5.41, 5.74) is 1.08. The molecule has 6 heteroatoms. The molecule has 0 amide bonds. The van der Waals surface area contributed by atoms with E-state index >= 15 is 0 Å². The van der Waals surface area contributed by atoms with Crippen LogP contribution in [0.3, 0.4) is 0 Å². The maximum absolute atomic E-state index is 11.8. The Balaban J connectivity index is 2.17. The van der Waals surface area contributed by atoms with Crippen molar-refractivity contribution in [2.45, 2.75) is 45.4 Å². The van der Waals surface area contributed by atoms with Crippen molar-refractivity contribution >= 4 is 5.97 Å². The second kappa shape index (κ2) is 8.41. The fourth-order valence-electron chi connectivity index (χ4n) is 2.85. The zero-order valence-corrected chi connectivity index (χ0v) is 13.6. The lowest BCUT2D eigenvalue weighted by molar-refractivity contribution is -0.143. The van der Waals surface area contributed by atoms with Crippen LogP contribution in [0.4, 0.5) is 0 Å². The lowest BCUT2D eigenvalue weighted by atomic mass is 9.82. The summed E-state index contributed by atoms with van der Waals surface area (Å²) in [5.74, 6) is -0.528. The predicted octanol–water partition coefficient (Wildman–Crippen LogP) is 3.05. The van der Waals surface area contributed by atoms with Crippen molar-refractivity contribution in [1.82, 2.24) is 20.6 Å². The Labute approximate surface area is 136 Å². The molecule has 0 saturated carbocycles. The van der Waals surface area contributed by atoms with Crippen LogP contribution in [0.5, 0.6) is 0 Å². The van der Waals surface area contributed by atoms with Crippen LogP contribution in [0.2, 0.25) is 0 Å². The van der Waals surface area contributed by atoms with E-state index in [0.29, 0.717) is 24.6 Å². The van der Waals surface area contributed by atoms with Gasteiger partial charge in [-0.15, -0.1) is 10.2 Å². The average molecular weight is 316 g/mol. The molecule has 0 bridgehead atoms. The molecule has 2 atom stereocenters. The van der Waals surface area contributed by atoms with Gasteiger partial charge in [0.25, 0.3) is 0 Å². The van der Waals surface area contributed by atoms with Gasteiger partial charge < -0.3 is 5.11 Å². The van der Waals surface area contributed by atoms with Crippen LogP contribution in [0.15, 0.2) is 30.3 Å². The second-order valence-corrected chi connectivity index (χ2v) is 6.34. The number of carboxylic acid groups (broad SMARTS) is 1. The molecule has 6 nitrogen and oxygen atoms in total. The molecule has 0 radical (unpaired) electrons. The number of carbonyl (C=O) groups is 1. The number of benzene rings is 1. The van der Waals surface area contributed by atoms with Crippen LogP contribution >= 0.6 is 0 Å². The Morgan fingerprint density at radius 1 is 1.22 bits per heavy atom. The molecule has 0 aliphatic carbocycles. The summed E-state index contributed by atoms with van der Waals surface area (Å²) in [7, 11) is 0. The fraction of sp³-hybridized carbons (Fsp3) is 0.529. The van der Waals surface area contributed by atoms with E-state index in [1.165, 1.54) is 0 Å². The Kier molecular flexibility index (Phi) is 6.26. The van der Waals surface area contributed by atoms with Gasteiger partial charge in [0.05, 0.1) is 5.92 Å². The van der Waals surface area contributed by atoms with E-state index in [1.54, 1.807) is 0 Å². The monoisotopic (exact) mass is 316 g/mol. The third kappa shape index (κ3) is 5.16. The summed E-state index contributed by atoms with van der Waals surface area (Å²) in [6.07, 6.45) is 3.13. The molecule has 0 fully saturated rings. The first-order chi connectivity index (χ1) is 11.1. The Bertz CT molecular complexity index is 584. The SMILES string of the molecule is CC(C)CCCC(C(=O)O)C(Cc1ccccc1)c1nn[nH]n1. The highest BCUT2D eigenvalue weighted by molar-refractivity contribution is 5.71. The smallest absolute Gasteiger partial charge is 0.307 e. The molecule has 0 saturated heterocycles. The predicted molar refractivity (Wildman–Crippen MR) is 86.9 cm³/mol. The quantitative estimate of drug-likeness (QED) is 0.742. The number of H-pyrrole nitrogens is 1. The maximum Gasteiger partial charge on any atom is 0.307 e. The molecule has 0 aliphatic rings. The number of nitrogens with zero attached hydrogens (tertiary/aromatic N) is 3. The summed E-state index contributed by atoms with van der Waals surface area (Å²) in [5, 5.41) is 23.8. The summed E-state index contributed by atoms with van der Waals surface area (Å²) in [6.45, 7) is 4.30. The molecular formula is C17H24N4O2. The zero-order chi connectivity index (χ0) is 16.7. The van der Waals surface area contributed by atoms with E-state index in [1.807, 2.05) is 30.3 Å². The van der Waals surface area contributed by atoms with Gasteiger partial charge in [0.15, 0.2) is 5.82 Å². The molecule has 23 heavy (non-hydrogen) atoms. The van der Waals surface area contributed by atoms with E-state index in [-0.39, 0.29) is 5.92 Å². The summed E-state index contributed by atoms with van der Waals surface area (Å²) in [4.78, 5) is 11.8. The number of rotatable bonds is 9. The molecular weight excluding hydrogens is 292 g/mol. The first-order valence-corrected chi connectivity index (χ1v) is 8.08. The molecule has 0 aliphatic heterocycles. The summed E-state index contributed by atoms with van der Waals surface area (Å²) in [6, 6.07) is 9.86. The van der Waals surface area contributed by atoms with Crippen molar-refractivity contribution in [3.8, 4) is 0 Å². The lowest BCUT2D eigenvalue weighted by Gasteiger charge is -2.21. The van der Waals surface area contributed by atoms with Gasteiger partial charge in [0, 0.05) is 5.92 Å². The standard InChI is InChI=1S/C17H24N4O2/c1-12(2)7-6-10-14(17(22)23)15(16-18-20-21-19-16)11-13-8-4-3-5-9-13/h3-5,8-9,12,14-15H,6-7,10-11H2,1-2H3,(H,22,23)(H,18,19,20,21). The molecule has 1 aromatic heterocycles. The van der Waals surface area contributed by atoms with Gasteiger partial charge in [-0.1, -0.05) is 62.2 Å². The highest BCUT2D eigenvalue weighted by Crippen LogP contribution is 2.30.